The van der Waals surface area contributed by atoms with Gasteiger partial charge in [-0.15, -0.1) is 0 Å². The van der Waals surface area contributed by atoms with Crippen molar-refractivity contribution in [1.29, 1.82) is 0 Å². The van der Waals surface area contributed by atoms with Crippen molar-refractivity contribution in [2.75, 3.05) is 13.2 Å². The van der Waals surface area contributed by atoms with Crippen LogP contribution in [0, 0.1) is 11.8 Å². The van der Waals surface area contributed by atoms with E-state index in [-0.39, 0.29) is 0 Å². The minimum atomic E-state index is -2.11. The zero-order valence-corrected chi connectivity index (χ0v) is 7.29. The highest BCUT2D eigenvalue weighted by molar-refractivity contribution is 7.33. The summed E-state index contributed by atoms with van der Waals surface area (Å²) in [4.78, 5) is 0. The number of hydrogen-bond acceptors (Lipinski definition) is 3. The maximum absolute atomic E-state index is 10.6. The third kappa shape index (κ3) is 2.08. The molecule has 0 bridgehead atoms. The van der Waals surface area contributed by atoms with Crippen molar-refractivity contribution < 1.29 is 13.6 Å². The lowest BCUT2D eigenvalue weighted by Gasteiger charge is -2.24. The molecular weight excluding hydrogens is 151 g/mol. The second-order valence-electron chi connectivity index (χ2n) is 2.88. The molecule has 10 heavy (non-hydrogen) atoms. The fourth-order valence-electron chi connectivity index (χ4n) is 0.825. The van der Waals surface area contributed by atoms with E-state index in [1.165, 1.54) is 0 Å². The lowest BCUT2D eigenvalue weighted by molar-refractivity contribution is 0.0832. The van der Waals surface area contributed by atoms with Crippen LogP contribution in [0.25, 0.3) is 0 Å². The number of rotatable bonds is 1. The van der Waals surface area contributed by atoms with Gasteiger partial charge in [0.25, 0.3) is 0 Å². The van der Waals surface area contributed by atoms with Gasteiger partial charge in [0, 0.05) is 5.92 Å². The molecule has 1 fully saturated rings. The van der Waals surface area contributed by atoms with Crippen LogP contribution in [0.5, 0.6) is 0 Å². The molecule has 0 aliphatic carbocycles. The molecule has 0 aromatic rings. The molecule has 4 heteroatoms. The van der Waals surface area contributed by atoms with Crippen molar-refractivity contribution in [3.8, 4) is 0 Å². The summed E-state index contributed by atoms with van der Waals surface area (Å²) in [5.41, 5.74) is 0. The Morgan fingerprint density at radius 2 is 1.90 bits per heavy atom. The molecule has 0 amide bonds. The van der Waals surface area contributed by atoms with Crippen LogP contribution in [0.2, 0.25) is 0 Å². The van der Waals surface area contributed by atoms with E-state index in [0.29, 0.717) is 25.0 Å². The molecule has 1 saturated heterocycles. The smallest absolute Gasteiger partial charge is 0.310 e. The van der Waals surface area contributed by atoms with Gasteiger partial charge in [0.05, 0.1) is 13.2 Å². The highest BCUT2D eigenvalue weighted by atomic mass is 31.1. The zero-order valence-electron chi connectivity index (χ0n) is 6.29. The predicted molar refractivity (Wildman–Crippen MR) is 39.2 cm³/mol. The third-order valence-electron chi connectivity index (χ3n) is 1.77. The average Bonchev–Trinajstić information content (AvgIpc) is 1.88. The Kier molecular flexibility index (Phi) is 2.90. The van der Waals surface area contributed by atoms with Gasteiger partial charge < -0.3 is 9.05 Å². The molecular formula is C6H13O3P. The molecule has 0 radical (unpaired) electrons. The van der Waals surface area contributed by atoms with Crippen LogP contribution < -0.4 is 0 Å². The molecule has 1 aliphatic heterocycles. The monoisotopic (exact) mass is 164 g/mol. The fraction of sp³-hybridized carbons (Fsp3) is 1.00. The van der Waals surface area contributed by atoms with Gasteiger partial charge in [-0.1, -0.05) is 13.8 Å². The van der Waals surface area contributed by atoms with E-state index in [4.69, 9.17) is 9.05 Å². The summed E-state index contributed by atoms with van der Waals surface area (Å²) in [6.45, 7) is 5.41. The molecule has 3 nitrogen and oxygen atoms in total. The summed E-state index contributed by atoms with van der Waals surface area (Å²) in [5.74, 6) is 0.970. The fourth-order valence-corrected chi connectivity index (χ4v) is 1.61. The average molecular weight is 164 g/mol. The number of hydrogen-bond donors (Lipinski definition) is 0. The molecule has 0 atom stereocenters. The van der Waals surface area contributed by atoms with Crippen molar-refractivity contribution in [1.82, 2.24) is 0 Å². The minimum Gasteiger partial charge on any atom is -0.310 e. The zero-order chi connectivity index (χ0) is 7.56. The second-order valence-corrected chi connectivity index (χ2v) is 3.95. The maximum atomic E-state index is 10.6. The summed E-state index contributed by atoms with van der Waals surface area (Å²) in [6.07, 6.45) is 0. The van der Waals surface area contributed by atoms with Gasteiger partial charge in [-0.2, -0.15) is 0 Å². The van der Waals surface area contributed by atoms with Crippen LogP contribution in [-0.4, -0.2) is 13.2 Å². The van der Waals surface area contributed by atoms with E-state index >= 15 is 0 Å². The Balaban J connectivity index is 2.33. The van der Waals surface area contributed by atoms with Gasteiger partial charge in [-0.25, -0.2) is 0 Å². The van der Waals surface area contributed by atoms with Gasteiger partial charge in [0.1, 0.15) is 0 Å². The van der Waals surface area contributed by atoms with Crippen molar-refractivity contribution in [2.45, 2.75) is 13.8 Å². The van der Waals surface area contributed by atoms with Gasteiger partial charge in [-0.05, 0) is 5.92 Å². The van der Waals surface area contributed by atoms with Gasteiger partial charge >= 0.3 is 8.25 Å². The second kappa shape index (κ2) is 3.51. The largest absolute Gasteiger partial charge is 0.319 e. The summed E-state index contributed by atoms with van der Waals surface area (Å²) in [6, 6.07) is 0. The molecule has 0 aromatic carbocycles. The third-order valence-corrected chi connectivity index (χ3v) is 2.58. The molecule has 0 aromatic heterocycles. The van der Waals surface area contributed by atoms with E-state index < -0.39 is 8.25 Å². The summed E-state index contributed by atoms with van der Waals surface area (Å²) in [7, 11) is -2.11. The Morgan fingerprint density at radius 3 is 2.30 bits per heavy atom. The highest BCUT2D eigenvalue weighted by Gasteiger charge is 2.20. The first-order chi connectivity index (χ1) is 4.70. The molecule has 1 aliphatic rings. The molecule has 0 N–H and O–H groups in total. The van der Waals surface area contributed by atoms with Gasteiger partial charge in [0.2, 0.25) is 0 Å². The Bertz CT molecular complexity index is 125. The summed E-state index contributed by atoms with van der Waals surface area (Å²) < 4.78 is 20.3. The lowest BCUT2D eigenvalue weighted by Crippen LogP contribution is -2.22. The normalized spacial score (nSPS) is 34.7. The first-order valence-corrected chi connectivity index (χ1v) is 4.72. The van der Waals surface area contributed by atoms with Gasteiger partial charge in [0.15, 0.2) is 0 Å². The maximum Gasteiger partial charge on any atom is 0.319 e. The Morgan fingerprint density at radius 1 is 1.40 bits per heavy atom. The summed E-state index contributed by atoms with van der Waals surface area (Å²) >= 11 is 0. The molecule has 60 valence electrons. The minimum absolute atomic E-state index is 0.419. The highest BCUT2D eigenvalue weighted by Crippen LogP contribution is 2.32. The Hall–Kier alpha value is 0.150. The van der Waals surface area contributed by atoms with E-state index in [1.54, 1.807) is 0 Å². The van der Waals surface area contributed by atoms with Crippen molar-refractivity contribution >= 4 is 8.25 Å². The molecule has 0 unspecified atom stereocenters. The van der Waals surface area contributed by atoms with Crippen LogP contribution in [0.1, 0.15) is 13.8 Å². The Labute approximate surface area is 61.7 Å². The van der Waals surface area contributed by atoms with Crippen LogP contribution in [0.4, 0.5) is 0 Å². The van der Waals surface area contributed by atoms with E-state index in [9.17, 15) is 4.57 Å². The molecule has 1 rings (SSSR count). The first kappa shape index (κ1) is 8.25. The first-order valence-electron chi connectivity index (χ1n) is 3.49. The summed E-state index contributed by atoms with van der Waals surface area (Å²) in [5, 5.41) is 0. The van der Waals surface area contributed by atoms with Crippen LogP contribution >= 0.6 is 8.25 Å². The van der Waals surface area contributed by atoms with Gasteiger partial charge in [-0.3, -0.25) is 4.57 Å². The van der Waals surface area contributed by atoms with Crippen LogP contribution in [0.15, 0.2) is 0 Å². The van der Waals surface area contributed by atoms with E-state index in [0.717, 1.165) is 0 Å². The van der Waals surface area contributed by atoms with Crippen molar-refractivity contribution in [2.24, 2.45) is 11.8 Å². The van der Waals surface area contributed by atoms with E-state index in [2.05, 4.69) is 13.8 Å². The van der Waals surface area contributed by atoms with Crippen LogP contribution in [-0.2, 0) is 13.6 Å². The predicted octanol–water partition coefficient (Wildman–Crippen LogP) is 1.70. The molecule has 1 heterocycles. The van der Waals surface area contributed by atoms with E-state index in [1.807, 2.05) is 0 Å². The quantitative estimate of drug-likeness (QED) is 0.553. The lowest BCUT2D eigenvalue weighted by atomic mass is 9.98. The SMILES string of the molecule is CC(C)C1CO[PH](=O)OC1. The van der Waals surface area contributed by atoms with Crippen LogP contribution in [0.3, 0.4) is 0 Å². The molecule has 0 saturated carbocycles. The standard InChI is InChI=1S/C6H13O3P/c1-5(2)6-3-8-10(7)9-4-6/h5-6,10H,3-4H2,1-2H3. The topological polar surface area (TPSA) is 35.5 Å². The molecule has 0 spiro atoms. The van der Waals surface area contributed by atoms with Crippen molar-refractivity contribution in [3.63, 3.8) is 0 Å². The van der Waals surface area contributed by atoms with Crippen molar-refractivity contribution in [3.05, 3.63) is 0 Å².